The van der Waals surface area contributed by atoms with Crippen LogP contribution < -0.4 is 4.74 Å². The van der Waals surface area contributed by atoms with Gasteiger partial charge in [-0.2, -0.15) is 0 Å². The second-order valence-corrected chi connectivity index (χ2v) is 5.41. The molecular weight excluding hydrogens is 292 g/mol. The SMILES string of the molecule is CCCCC(=O)C(=O)c1ccc(OCCCc2cnc[nH]2)cc1. The monoisotopic (exact) mass is 314 g/mol. The molecule has 0 spiro atoms. The predicted molar refractivity (Wildman–Crippen MR) is 87.7 cm³/mol. The zero-order valence-electron chi connectivity index (χ0n) is 13.4. The largest absolute Gasteiger partial charge is 0.494 e. The van der Waals surface area contributed by atoms with Crippen molar-refractivity contribution in [2.75, 3.05) is 6.61 Å². The fourth-order valence-electron chi connectivity index (χ4n) is 2.19. The Bertz CT molecular complexity index is 618. The highest BCUT2D eigenvalue weighted by molar-refractivity contribution is 6.43. The molecule has 0 fully saturated rings. The molecule has 0 amide bonds. The summed E-state index contributed by atoms with van der Waals surface area (Å²) in [6, 6.07) is 6.76. The number of unbranched alkanes of at least 4 members (excludes halogenated alkanes) is 1. The van der Waals surface area contributed by atoms with E-state index in [1.807, 2.05) is 6.92 Å². The van der Waals surface area contributed by atoms with Crippen LogP contribution in [0.1, 0.15) is 48.7 Å². The molecule has 5 nitrogen and oxygen atoms in total. The molecule has 0 radical (unpaired) electrons. The average molecular weight is 314 g/mol. The topological polar surface area (TPSA) is 72.1 Å². The van der Waals surface area contributed by atoms with Crippen molar-refractivity contribution in [3.05, 3.63) is 48.0 Å². The zero-order valence-corrected chi connectivity index (χ0v) is 13.4. The minimum absolute atomic E-state index is 0.319. The summed E-state index contributed by atoms with van der Waals surface area (Å²) in [7, 11) is 0. The number of H-pyrrole nitrogens is 1. The molecule has 0 bridgehead atoms. The van der Waals surface area contributed by atoms with Crippen LogP contribution in [0.4, 0.5) is 0 Å². The van der Waals surface area contributed by atoms with Crippen molar-refractivity contribution in [2.24, 2.45) is 0 Å². The molecule has 5 heteroatoms. The van der Waals surface area contributed by atoms with Gasteiger partial charge in [-0.05, 0) is 43.5 Å². The molecule has 1 N–H and O–H groups in total. The predicted octanol–water partition coefficient (Wildman–Crippen LogP) is 3.36. The number of nitrogens with zero attached hydrogens (tertiary/aromatic N) is 1. The molecule has 0 saturated carbocycles. The first-order valence-electron chi connectivity index (χ1n) is 7.98. The maximum atomic E-state index is 12.0. The third-order valence-electron chi connectivity index (χ3n) is 3.54. The third-order valence-corrected chi connectivity index (χ3v) is 3.54. The van der Waals surface area contributed by atoms with Crippen molar-refractivity contribution >= 4 is 11.6 Å². The zero-order chi connectivity index (χ0) is 16.5. The molecule has 0 aliphatic carbocycles. The number of rotatable bonds is 10. The second kappa shape index (κ2) is 8.88. The van der Waals surface area contributed by atoms with Crippen LogP contribution in [0.3, 0.4) is 0 Å². The van der Waals surface area contributed by atoms with Gasteiger partial charge < -0.3 is 9.72 Å². The van der Waals surface area contributed by atoms with E-state index in [0.717, 1.165) is 31.4 Å². The number of ketones is 2. The number of aromatic amines is 1. The van der Waals surface area contributed by atoms with E-state index in [-0.39, 0.29) is 5.78 Å². The number of nitrogens with one attached hydrogen (secondary N) is 1. The normalized spacial score (nSPS) is 10.5. The Morgan fingerprint density at radius 1 is 1.17 bits per heavy atom. The Morgan fingerprint density at radius 2 is 1.96 bits per heavy atom. The fourth-order valence-corrected chi connectivity index (χ4v) is 2.19. The third kappa shape index (κ3) is 5.36. The molecule has 0 aliphatic heterocycles. The molecule has 2 aromatic rings. The highest BCUT2D eigenvalue weighted by atomic mass is 16.5. The van der Waals surface area contributed by atoms with Crippen LogP contribution in [-0.2, 0) is 11.2 Å². The van der Waals surface area contributed by atoms with Crippen LogP contribution in [0.5, 0.6) is 5.75 Å². The highest BCUT2D eigenvalue weighted by Crippen LogP contribution is 2.14. The van der Waals surface area contributed by atoms with Crippen molar-refractivity contribution in [3.8, 4) is 5.75 Å². The molecule has 23 heavy (non-hydrogen) atoms. The van der Waals surface area contributed by atoms with Crippen molar-refractivity contribution in [2.45, 2.75) is 39.0 Å². The molecule has 0 aliphatic rings. The van der Waals surface area contributed by atoms with Gasteiger partial charge in [0.1, 0.15) is 5.75 Å². The van der Waals surface area contributed by atoms with Gasteiger partial charge in [0.15, 0.2) is 0 Å². The lowest BCUT2D eigenvalue weighted by molar-refractivity contribution is -0.115. The van der Waals surface area contributed by atoms with Crippen molar-refractivity contribution in [1.82, 2.24) is 9.97 Å². The molecule has 122 valence electrons. The lowest BCUT2D eigenvalue weighted by atomic mass is 10.0. The van der Waals surface area contributed by atoms with Gasteiger partial charge in [0.05, 0.1) is 12.9 Å². The minimum atomic E-state index is -0.413. The quantitative estimate of drug-likeness (QED) is 0.414. The van der Waals surface area contributed by atoms with Gasteiger partial charge in [-0.1, -0.05) is 13.3 Å². The number of hydrogen-bond acceptors (Lipinski definition) is 4. The first-order chi connectivity index (χ1) is 11.2. The molecular formula is C18H22N2O3. The van der Waals surface area contributed by atoms with Gasteiger partial charge in [-0.3, -0.25) is 9.59 Å². The second-order valence-electron chi connectivity index (χ2n) is 5.41. The number of Topliss-reactive ketones (excluding diaryl/α,β-unsaturated/α-hetero) is 2. The van der Waals surface area contributed by atoms with Crippen molar-refractivity contribution < 1.29 is 14.3 Å². The van der Waals surface area contributed by atoms with E-state index < -0.39 is 5.78 Å². The van der Waals surface area contributed by atoms with Crippen LogP contribution >= 0.6 is 0 Å². The van der Waals surface area contributed by atoms with Gasteiger partial charge in [0.2, 0.25) is 11.6 Å². The molecule has 1 aromatic carbocycles. The summed E-state index contributed by atoms with van der Waals surface area (Å²) < 4.78 is 5.63. The number of carbonyl (C=O) groups is 2. The Balaban J connectivity index is 1.77. The first kappa shape index (κ1) is 16.9. The van der Waals surface area contributed by atoms with Crippen LogP contribution in [0.2, 0.25) is 0 Å². The van der Waals surface area contributed by atoms with E-state index >= 15 is 0 Å². The smallest absolute Gasteiger partial charge is 0.228 e. The molecule has 0 atom stereocenters. The summed E-state index contributed by atoms with van der Waals surface area (Å²) in [5, 5.41) is 0. The Kier molecular flexibility index (Phi) is 6.54. The summed E-state index contributed by atoms with van der Waals surface area (Å²) in [6.07, 6.45) is 7.19. The van der Waals surface area contributed by atoms with Gasteiger partial charge in [-0.15, -0.1) is 0 Å². The van der Waals surface area contributed by atoms with E-state index in [0.29, 0.717) is 24.3 Å². The van der Waals surface area contributed by atoms with Gasteiger partial charge in [0, 0.05) is 23.9 Å². The number of aryl methyl sites for hydroxylation is 1. The van der Waals surface area contributed by atoms with Gasteiger partial charge >= 0.3 is 0 Å². The lowest BCUT2D eigenvalue weighted by Crippen LogP contribution is -2.13. The summed E-state index contributed by atoms with van der Waals surface area (Å²) >= 11 is 0. The van der Waals surface area contributed by atoms with E-state index in [1.54, 1.807) is 36.8 Å². The van der Waals surface area contributed by atoms with Crippen LogP contribution in [-0.4, -0.2) is 28.1 Å². The number of hydrogen-bond donors (Lipinski definition) is 1. The van der Waals surface area contributed by atoms with E-state index in [4.69, 9.17) is 4.74 Å². The standard InChI is InChI=1S/C18H22N2O3/c1-2-3-6-17(21)18(22)14-7-9-16(10-8-14)23-11-4-5-15-12-19-13-20-15/h7-10,12-13H,2-6,11H2,1H3,(H,19,20). The molecule has 0 saturated heterocycles. The Hall–Kier alpha value is -2.43. The number of aromatic nitrogens is 2. The molecule has 1 heterocycles. The molecule has 1 aromatic heterocycles. The van der Waals surface area contributed by atoms with Crippen LogP contribution in [0.15, 0.2) is 36.8 Å². The van der Waals surface area contributed by atoms with Crippen molar-refractivity contribution in [1.29, 1.82) is 0 Å². The fraction of sp³-hybridized carbons (Fsp3) is 0.389. The summed E-state index contributed by atoms with van der Waals surface area (Å²) in [6.45, 7) is 2.58. The van der Waals surface area contributed by atoms with E-state index in [2.05, 4.69) is 9.97 Å². The van der Waals surface area contributed by atoms with E-state index in [9.17, 15) is 9.59 Å². The van der Waals surface area contributed by atoms with Crippen LogP contribution in [0, 0.1) is 0 Å². The summed E-state index contributed by atoms with van der Waals surface area (Å²) in [5.41, 5.74) is 1.51. The maximum Gasteiger partial charge on any atom is 0.228 e. The van der Waals surface area contributed by atoms with Crippen molar-refractivity contribution in [3.63, 3.8) is 0 Å². The number of benzene rings is 1. The Morgan fingerprint density at radius 3 is 2.61 bits per heavy atom. The summed E-state index contributed by atoms with van der Waals surface area (Å²) in [4.78, 5) is 30.7. The average Bonchev–Trinajstić information content (AvgIpc) is 3.10. The number of ether oxygens (including phenoxy) is 1. The number of carbonyl (C=O) groups excluding carboxylic acids is 2. The maximum absolute atomic E-state index is 12.0. The van der Waals surface area contributed by atoms with Gasteiger partial charge in [0.25, 0.3) is 0 Å². The number of imidazole rings is 1. The minimum Gasteiger partial charge on any atom is -0.494 e. The molecule has 2 rings (SSSR count). The van der Waals surface area contributed by atoms with Crippen LogP contribution in [0.25, 0.3) is 0 Å². The Labute approximate surface area is 136 Å². The van der Waals surface area contributed by atoms with Gasteiger partial charge in [-0.25, -0.2) is 4.98 Å². The first-order valence-corrected chi connectivity index (χ1v) is 7.98. The lowest BCUT2D eigenvalue weighted by Gasteiger charge is -2.06. The molecule has 0 unspecified atom stereocenters. The summed E-state index contributed by atoms with van der Waals surface area (Å²) in [5.74, 6) is -0.0310. The van der Waals surface area contributed by atoms with E-state index in [1.165, 1.54) is 0 Å². The highest BCUT2D eigenvalue weighted by Gasteiger charge is 2.15.